The van der Waals surface area contributed by atoms with E-state index >= 15 is 0 Å². The molecule has 2 amide bonds. The van der Waals surface area contributed by atoms with Crippen LogP contribution in [-0.4, -0.2) is 44.1 Å². The highest BCUT2D eigenvalue weighted by atomic mass is 35.5. The Hall–Kier alpha value is -2.83. The summed E-state index contributed by atoms with van der Waals surface area (Å²) in [6.07, 6.45) is 0.563. The third-order valence-electron chi connectivity index (χ3n) is 4.80. The van der Waals surface area contributed by atoms with E-state index in [0.29, 0.717) is 40.6 Å². The zero-order valence-corrected chi connectivity index (χ0v) is 17.4. The number of amides is 2. The van der Waals surface area contributed by atoms with Crippen molar-refractivity contribution in [2.75, 3.05) is 32.7 Å². The van der Waals surface area contributed by atoms with E-state index in [2.05, 4.69) is 5.32 Å². The molecule has 0 atom stereocenters. The molecule has 1 aliphatic rings. The standard InChI is InChI=1S/C22H23ClN2O4/c1-14-17(23)6-4-7-18(14)24-20-19(15-8-10-16(29-3)11-9-15)21(26)25(22(20)27)12-5-13-28-2/h4,6-11,24H,5,12-13H2,1-3H3. The second-order valence-corrected chi connectivity index (χ2v) is 7.03. The van der Waals surface area contributed by atoms with Crippen molar-refractivity contribution in [2.24, 2.45) is 0 Å². The van der Waals surface area contributed by atoms with E-state index < -0.39 is 0 Å². The molecule has 1 aliphatic heterocycles. The van der Waals surface area contributed by atoms with Crippen LogP contribution in [0.4, 0.5) is 5.69 Å². The number of benzene rings is 2. The average Bonchev–Trinajstić information content (AvgIpc) is 2.96. The first-order valence-electron chi connectivity index (χ1n) is 9.24. The maximum atomic E-state index is 13.1. The van der Waals surface area contributed by atoms with Gasteiger partial charge < -0.3 is 14.8 Å². The molecule has 0 saturated heterocycles. The number of carbonyl (C=O) groups is 2. The Kier molecular flexibility index (Phi) is 6.56. The Morgan fingerprint density at radius 1 is 1.03 bits per heavy atom. The maximum Gasteiger partial charge on any atom is 0.278 e. The molecule has 2 aromatic rings. The van der Waals surface area contributed by atoms with E-state index in [1.165, 1.54) is 4.90 Å². The van der Waals surface area contributed by atoms with Gasteiger partial charge in [-0.25, -0.2) is 0 Å². The van der Waals surface area contributed by atoms with E-state index in [9.17, 15) is 9.59 Å². The third-order valence-corrected chi connectivity index (χ3v) is 5.21. The van der Waals surface area contributed by atoms with E-state index in [1.54, 1.807) is 50.6 Å². The second kappa shape index (κ2) is 9.11. The van der Waals surface area contributed by atoms with Crippen molar-refractivity contribution in [3.05, 3.63) is 64.3 Å². The van der Waals surface area contributed by atoms with Gasteiger partial charge in [-0.2, -0.15) is 0 Å². The van der Waals surface area contributed by atoms with Gasteiger partial charge in [0.25, 0.3) is 11.8 Å². The number of anilines is 1. The van der Waals surface area contributed by atoms with Crippen LogP contribution < -0.4 is 10.1 Å². The summed E-state index contributed by atoms with van der Waals surface area (Å²) in [6.45, 7) is 2.60. The number of ether oxygens (including phenoxy) is 2. The average molecular weight is 415 g/mol. The van der Waals surface area contributed by atoms with Gasteiger partial charge in [0.2, 0.25) is 0 Å². The van der Waals surface area contributed by atoms with Crippen molar-refractivity contribution < 1.29 is 19.1 Å². The number of nitrogens with one attached hydrogen (secondary N) is 1. The molecule has 0 spiro atoms. The first-order valence-corrected chi connectivity index (χ1v) is 9.61. The van der Waals surface area contributed by atoms with Gasteiger partial charge in [-0.1, -0.05) is 29.8 Å². The third kappa shape index (κ3) is 4.28. The van der Waals surface area contributed by atoms with Gasteiger partial charge in [-0.05, 0) is 48.7 Å². The van der Waals surface area contributed by atoms with Crippen molar-refractivity contribution in [3.63, 3.8) is 0 Å². The normalized spacial score (nSPS) is 14.0. The van der Waals surface area contributed by atoms with Crippen molar-refractivity contribution in [1.29, 1.82) is 0 Å². The van der Waals surface area contributed by atoms with E-state index in [1.807, 2.05) is 13.0 Å². The highest BCUT2D eigenvalue weighted by molar-refractivity contribution is 6.36. The fraction of sp³-hybridized carbons (Fsp3) is 0.273. The molecule has 0 aliphatic carbocycles. The molecule has 0 aromatic heterocycles. The molecule has 0 bridgehead atoms. The van der Waals surface area contributed by atoms with Crippen molar-refractivity contribution >= 4 is 34.7 Å². The molecule has 6 nitrogen and oxygen atoms in total. The molecule has 3 rings (SSSR count). The predicted octanol–water partition coefficient (Wildman–Crippen LogP) is 3.89. The molecule has 1 N–H and O–H groups in total. The highest BCUT2D eigenvalue weighted by Crippen LogP contribution is 2.33. The lowest BCUT2D eigenvalue weighted by Crippen LogP contribution is -2.34. The number of hydrogen-bond donors (Lipinski definition) is 1. The number of hydrogen-bond acceptors (Lipinski definition) is 5. The highest BCUT2D eigenvalue weighted by Gasteiger charge is 2.39. The molecule has 2 aromatic carbocycles. The van der Waals surface area contributed by atoms with Crippen LogP contribution in [0.2, 0.25) is 5.02 Å². The summed E-state index contributed by atoms with van der Waals surface area (Å²) < 4.78 is 10.2. The fourth-order valence-corrected chi connectivity index (χ4v) is 3.34. The van der Waals surface area contributed by atoms with Crippen LogP contribution in [0.15, 0.2) is 48.2 Å². The Bertz CT molecular complexity index is 954. The largest absolute Gasteiger partial charge is 0.497 e. The van der Waals surface area contributed by atoms with Gasteiger partial charge in [0, 0.05) is 31.0 Å². The Labute approximate surface area is 175 Å². The lowest BCUT2D eigenvalue weighted by molar-refractivity contribution is -0.136. The molecular formula is C22H23ClN2O4. The predicted molar refractivity (Wildman–Crippen MR) is 113 cm³/mol. The Morgan fingerprint density at radius 2 is 1.76 bits per heavy atom. The van der Waals surface area contributed by atoms with Gasteiger partial charge in [-0.3, -0.25) is 14.5 Å². The number of methoxy groups -OCH3 is 2. The van der Waals surface area contributed by atoms with E-state index in [4.69, 9.17) is 21.1 Å². The minimum absolute atomic E-state index is 0.239. The van der Waals surface area contributed by atoms with Gasteiger partial charge in [0.05, 0.1) is 12.7 Å². The lowest BCUT2D eigenvalue weighted by atomic mass is 10.0. The smallest absolute Gasteiger partial charge is 0.278 e. The summed E-state index contributed by atoms with van der Waals surface area (Å²) >= 11 is 6.22. The SMILES string of the molecule is COCCCN1C(=O)C(Nc2cccc(Cl)c2C)=C(c2ccc(OC)cc2)C1=O. The van der Waals surface area contributed by atoms with Crippen LogP contribution in [0.25, 0.3) is 5.57 Å². The minimum Gasteiger partial charge on any atom is -0.497 e. The summed E-state index contributed by atoms with van der Waals surface area (Å²) in [5.74, 6) is -0.0296. The molecule has 0 saturated carbocycles. The van der Waals surface area contributed by atoms with Crippen molar-refractivity contribution in [1.82, 2.24) is 4.90 Å². The monoisotopic (exact) mass is 414 g/mol. The molecular weight excluding hydrogens is 392 g/mol. The second-order valence-electron chi connectivity index (χ2n) is 6.62. The van der Waals surface area contributed by atoms with Crippen LogP contribution in [0.3, 0.4) is 0 Å². The maximum absolute atomic E-state index is 13.1. The first-order chi connectivity index (χ1) is 14.0. The van der Waals surface area contributed by atoms with Crippen LogP contribution in [0, 0.1) is 6.92 Å². The van der Waals surface area contributed by atoms with Crippen LogP contribution >= 0.6 is 11.6 Å². The van der Waals surface area contributed by atoms with Crippen LogP contribution in [0.5, 0.6) is 5.75 Å². The summed E-state index contributed by atoms with van der Waals surface area (Å²) in [7, 11) is 3.16. The number of carbonyl (C=O) groups excluding carboxylic acids is 2. The minimum atomic E-state index is -0.365. The van der Waals surface area contributed by atoms with Gasteiger partial charge >= 0.3 is 0 Å². The molecule has 7 heteroatoms. The van der Waals surface area contributed by atoms with Crippen molar-refractivity contribution in [3.8, 4) is 5.75 Å². The number of imide groups is 1. The van der Waals surface area contributed by atoms with Crippen LogP contribution in [-0.2, 0) is 14.3 Å². The topological polar surface area (TPSA) is 67.9 Å². The Morgan fingerprint density at radius 3 is 2.41 bits per heavy atom. The summed E-state index contributed by atoms with van der Waals surface area (Å²) in [5.41, 5.74) is 2.69. The first kappa shape index (κ1) is 20.9. The summed E-state index contributed by atoms with van der Waals surface area (Å²) in [6, 6.07) is 12.5. The summed E-state index contributed by atoms with van der Waals surface area (Å²) in [4.78, 5) is 27.5. The molecule has 152 valence electrons. The summed E-state index contributed by atoms with van der Waals surface area (Å²) in [5, 5.41) is 3.73. The lowest BCUT2D eigenvalue weighted by Gasteiger charge is -2.15. The van der Waals surface area contributed by atoms with Crippen molar-refractivity contribution in [2.45, 2.75) is 13.3 Å². The Balaban J connectivity index is 2.02. The molecule has 0 radical (unpaired) electrons. The van der Waals surface area contributed by atoms with Gasteiger partial charge in [0.15, 0.2) is 0 Å². The number of nitrogens with zero attached hydrogens (tertiary/aromatic N) is 1. The molecule has 0 fully saturated rings. The van der Waals surface area contributed by atoms with Gasteiger partial charge in [0.1, 0.15) is 11.4 Å². The zero-order valence-electron chi connectivity index (χ0n) is 16.6. The number of rotatable bonds is 8. The van der Waals surface area contributed by atoms with Crippen LogP contribution in [0.1, 0.15) is 17.5 Å². The van der Waals surface area contributed by atoms with E-state index in [0.717, 1.165) is 5.56 Å². The molecule has 0 unspecified atom stereocenters. The molecule has 1 heterocycles. The quantitative estimate of drug-likeness (QED) is 0.524. The zero-order chi connectivity index (χ0) is 21.0. The number of halogens is 1. The van der Waals surface area contributed by atoms with E-state index in [-0.39, 0.29) is 24.1 Å². The molecule has 29 heavy (non-hydrogen) atoms. The van der Waals surface area contributed by atoms with Gasteiger partial charge in [-0.15, -0.1) is 0 Å². The fourth-order valence-electron chi connectivity index (χ4n) is 3.17.